The highest BCUT2D eigenvalue weighted by Gasteiger charge is 2.40. The molecule has 1 saturated heterocycles. The highest BCUT2D eigenvalue weighted by atomic mass is 16.5. The van der Waals surface area contributed by atoms with Crippen molar-refractivity contribution in [2.75, 3.05) is 27.4 Å². The van der Waals surface area contributed by atoms with Crippen molar-refractivity contribution in [3.8, 4) is 17.2 Å². The molecular formula is C31H35N3O8. The van der Waals surface area contributed by atoms with Crippen molar-refractivity contribution in [1.29, 1.82) is 0 Å². The van der Waals surface area contributed by atoms with Crippen molar-refractivity contribution in [1.82, 2.24) is 15.5 Å². The van der Waals surface area contributed by atoms with E-state index in [0.29, 0.717) is 34.9 Å². The van der Waals surface area contributed by atoms with E-state index in [1.807, 2.05) is 31.2 Å². The first-order valence-electron chi connectivity index (χ1n) is 13.4. The number of amides is 3. The number of nitrogens with zero attached hydrogens (tertiary/aromatic N) is 1. The number of hydrogen-bond acceptors (Lipinski definition) is 7. The molecule has 3 amide bonds. The molecule has 1 aliphatic rings. The van der Waals surface area contributed by atoms with Crippen LogP contribution in [0.2, 0.25) is 0 Å². The molecule has 0 bridgehead atoms. The molecule has 0 saturated carbocycles. The van der Waals surface area contributed by atoms with Gasteiger partial charge < -0.3 is 35.1 Å². The Bertz CT molecular complexity index is 1390. The molecule has 4 N–H and O–H groups in total. The van der Waals surface area contributed by atoms with Crippen LogP contribution >= 0.6 is 0 Å². The first kappa shape index (κ1) is 30.2. The number of carbonyl (C=O) groups is 3. The van der Waals surface area contributed by atoms with Crippen LogP contribution < -0.4 is 24.8 Å². The summed E-state index contributed by atoms with van der Waals surface area (Å²) in [6, 6.07) is 18.1. The smallest absolute Gasteiger partial charge is 0.408 e. The van der Waals surface area contributed by atoms with Gasteiger partial charge in [0.1, 0.15) is 23.3 Å². The van der Waals surface area contributed by atoms with Crippen LogP contribution in [0.5, 0.6) is 17.2 Å². The number of ether oxygens (including phenoxy) is 3. The number of aliphatic hydroxyl groups excluding tert-OH is 1. The summed E-state index contributed by atoms with van der Waals surface area (Å²) in [5.41, 5.74) is 3.39. The maximum atomic E-state index is 13.3. The molecule has 1 fully saturated rings. The zero-order chi connectivity index (χ0) is 30.2. The molecule has 1 unspecified atom stereocenters. The number of nitrogens with one attached hydrogen (secondary N) is 2. The molecule has 1 heterocycles. The van der Waals surface area contributed by atoms with Crippen molar-refractivity contribution in [2.45, 2.75) is 38.1 Å². The van der Waals surface area contributed by atoms with E-state index in [1.165, 1.54) is 14.2 Å². The topological polar surface area (TPSA) is 147 Å². The summed E-state index contributed by atoms with van der Waals surface area (Å²) in [7, 11) is 3.03. The van der Waals surface area contributed by atoms with Crippen LogP contribution in [-0.4, -0.2) is 72.5 Å². The van der Waals surface area contributed by atoms with Gasteiger partial charge in [0.15, 0.2) is 6.61 Å². The molecule has 222 valence electrons. The highest BCUT2D eigenvalue weighted by molar-refractivity contribution is 5.86. The molecule has 4 rings (SSSR count). The van der Waals surface area contributed by atoms with Crippen molar-refractivity contribution in [3.05, 3.63) is 89.0 Å². The number of carbonyl (C=O) groups excluding carboxylic acids is 2. The predicted molar refractivity (Wildman–Crippen MR) is 154 cm³/mol. The lowest BCUT2D eigenvalue weighted by molar-refractivity contribution is -0.125. The van der Waals surface area contributed by atoms with Crippen LogP contribution in [0.1, 0.15) is 34.7 Å². The summed E-state index contributed by atoms with van der Waals surface area (Å²) < 4.78 is 16.5. The fourth-order valence-corrected chi connectivity index (χ4v) is 4.77. The monoisotopic (exact) mass is 577 g/mol. The molecule has 11 heteroatoms. The Kier molecular flexibility index (Phi) is 9.87. The lowest BCUT2D eigenvalue weighted by Gasteiger charge is -2.26. The molecule has 11 nitrogen and oxygen atoms in total. The second-order valence-corrected chi connectivity index (χ2v) is 10.0. The summed E-state index contributed by atoms with van der Waals surface area (Å²) in [4.78, 5) is 38.3. The van der Waals surface area contributed by atoms with Crippen molar-refractivity contribution < 1.29 is 38.8 Å². The van der Waals surface area contributed by atoms with Crippen molar-refractivity contribution >= 4 is 17.9 Å². The molecule has 3 atom stereocenters. The van der Waals surface area contributed by atoms with Gasteiger partial charge in [0.05, 0.1) is 32.9 Å². The van der Waals surface area contributed by atoms with Crippen molar-refractivity contribution in [2.24, 2.45) is 0 Å². The van der Waals surface area contributed by atoms with Crippen LogP contribution in [0, 0.1) is 6.92 Å². The molecular weight excluding hydrogens is 542 g/mol. The largest absolute Gasteiger partial charge is 0.497 e. The first-order chi connectivity index (χ1) is 20.2. The van der Waals surface area contributed by atoms with E-state index in [0.717, 1.165) is 16.0 Å². The van der Waals surface area contributed by atoms with Gasteiger partial charge in [-0.05, 0) is 42.3 Å². The number of rotatable bonds is 11. The molecule has 0 aliphatic carbocycles. The van der Waals surface area contributed by atoms with E-state index < -0.39 is 30.2 Å². The minimum atomic E-state index is -1.28. The first-order valence-corrected chi connectivity index (χ1v) is 13.4. The summed E-state index contributed by atoms with van der Waals surface area (Å²) in [5, 5.41) is 25.3. The van der Waals surface area contributed by atoms with Crippen LogP contribution in [0.4, 0.5) is 4.79 Å². The molecule has 0 radical (unpaired) electrons. The number of β-amino-alcohol motifs (C(OH)–C–C–N with tert-alkyl or cyclic N) is 1. The van der Waals surface area contributed by atoms with Gasteiger partial charge in [0.25, 0.3) is 5.91 Å². The Hall–Kier alpha value is -4.77. The summed E-state index contributed by atoms with van der Waals surface area (Å²) in [5.74, 6) is 0.636. The zero-order valence-electron chi connectivity index (χ0n) is 23.7. The van der Waals surface area contributed by atoms with Crippen molar-refractivity contribution in [3.63, 3.8) is 0 Å². The van der Waals surface area contributed by atoms with E-state index in [9.17, 15) is 24.6 Å². The van der Waals surface area contributed by atoms with E-state index in [1.54, 1.807) is 42.5 Å². The third-order valence-corrected chi connectivity index (χ3v) is 7.06. The average Bonchev–Trinajstić information content (AvgIpc) is 3.40. The highest BCUT2D eigenvalue weighted by Crippen LogP contribution is 2.34. The maximum Gasteiger partial charge on any atom is 0.408 e. The summed E-state index contributed by atoms with van der Waals surface area (Å²) in [6.07, 6.45) is -2.23. The molecule has 0 spiro atoms. The van der Waals surface area contributed by atoms with Crippen LogP contribution in [0.3, 0.4) is 0 Å². The Morgan fingerprint density at radius 1 is 0.976 bits per heavy atom. The Balaban J connectivity index is 1.49. The maximum absolute atomic E-state index is 13.3. The van der Waals surface area contributed by atoms with Crippen LogP contribution in [0.15, 0.2) is 66.7 Å². The Morgan fingerprint density at radius 2 is 1.67 bits per heavy atom. The second-order valence-electron chi connectivity index (χ2n) is 10.0. The molecule has 1 aliphatic heterocycles. The quantitative estimate of drug-likeness (QED) is 0.272. The average molecular weight is 578 g/mol. The number of carboxylic acid groups (broad SMARTS) is 1. The van der Waals surface area contributed by atoms with Gasteiger partial charge in [-0.3, -0.25) is 14.5 Å². The molecule has 42 heavy (non-hydrogen) atoms. The number of benzene rings is 3. The molecule has 3 aromatic carbocycles. The van der Waals surface area contributed by atoms with Crippen LogP contribution in [-0.2, 0) is 16.1 Å². The third kappa shape index (κ3) is 7.49. The predicted octanol–water partition coefficient (Wildman–Crippen LogP) is 3.03. The third-order valence-electron chi connectivity index (χ3n) is 7.06. The normalized spacial score (nSPS) is 16.8. The fraction of sp³-hybridized carbons (Fsp3) is 0.323. The van der Waals surface area contributed by atoms with E-state index >= 15 is 0 Å². The van der Waals surface area contributed by atoms with Crippen LogP contribution in [0.25, 0.3) is 0 Å². The van der Waals surface area contributed by atoms with Gasteiger partial charge in [-0.25, -0.2) is 4.79 Å². The summed E-state index contributed by atoms with van der Waals surface area (Å²) in [6.45, 7) is 2.07. The number of aryl methyl sites for hydroxylation is 1. The standard InChI is InChI=1S/C31H35N3O8/c1-19-4-6-20(7-5-19)16-32-28(36)18-42-23-10-8-21(9-11-23)29(25-13-12-24(40-2)15-27(25)41-3)33-30(37)26-14-22(35)17-34(26)31(38)39/h4-13,15,22,26,29,35H,14,16-18H2,1-3H3,(H,32,36)(H,33,37)(H,38,39)/t22-,26+,29?/m1/s1. The second kappa shape index (κ2) is 13.7. The van der Waals surface area contributed by atoms with Gasteiger partial charge >= 0.3 is 6.09 Å². The van der Waals surface area contributed by atoms with Gasteiger partial charge in [-0.1, -0.05) is 42.0 Å². The van der Waals surface area contributed by atoms with Gasteiger partial charge in [-0.2, -0.15) is 0 Å². The molecule has 0 aromatic heterocycles. The number of likely N-dealkylation sites (tertiary alicyclic amines) is 1. The lowest BCUT2D eigenvalue weighted by Crippen LogP contribution is -2.46. The Morgan fingerprint density at radius 3 is 2.31 bits per heavy atom. The minimum Gasteiger partial charge on any atom is -0.497 e. The zero-order valence-corrected chi connectivity index (χ0v) is 23.7. The molecule has 3 aromatic rings. The Labute approximate surface area is 244 Å². The number of methoxy groups -OCH3 is 2. The minimum absolute atomic E-state index is 0.0106. The van der Waals surface area contributed by atoms with Gasteiger partial charge in [0.2, 0.25) is 5.91 Å². The SMILES string of the molecule is COc1ccc(C(NC(=O)[C@@H]2C[C@@H](O)CN2C(=O)O)c2ccc(OCC(=O)NCc3ccc(C)cc3)cc2)c(OC)c1. The van der Waals surface area contributed by atoms with Gasteiger partial charge in [-0.15, -0.1) is 0 Å². The fourth-order valence-electron chi connectivity index (χ4n) is 4.77. The summed E-state index contributed by atoms with van der Waals surface area (Å²) >= 11 is 0. The number of hydrogen-bond donors (Lipinski definition) is 4. The van der Waals surface area contributed by atoms with E-state index in [2.05, 4.69) is 10.6 Å². The van der Waals surface area contributed by atoms with Gasteiger partial charge in [0, 0.05) is 24.6 Å². The lowest BCUT2D eigenvalue weighted by atomic mass is 9.96. The van der Waals surface area contributed by atoms with E-state index in [-0.39, 0.29) is 25.5 Å². The number of aliphatic hydroxyl groups is 1. The van der Waals surface area contributed by atoms with E-state index in [4.69, 9.17) is 14.2 Å².